The molecule has 0 aliphatic heterocycles. The molecule has 0 radical (unpaired) electrons. The Morgan fingerprint density at radius 1 is 1.50 bits per heavy atom. The van der Waals surface area contributed by atoms with Crippen LogP contribution < -0.4 is 11.1 Å². The first kappa shape index (κ1) is 13.2. The summed E-state index contributed by atoms with van der Waals surface area (Å²) in [4.78, 5) is 0. The second-order valence-electron chi connectivity index (χ2n) is 3.91. The second-order valence-corrected chi connectivity index (χ2v) is 5.24. The SMILES string of the molecule is CCn1nc(C)c(N)c1Nc1cc(Br)ccc1Cl. The Morgan fingerprint density at radius 3 is 2.89 bits per heavy atom. The molecule has 0 aliphatic carbocycles. The summed E-state index contributed by atoms with van der Waals surface area (Å²) in [6.07, 6.45) is 0. The number of aromatic nitrogens is 2. The number of hydrogen-bond acceptors (Lipinski definition) is 3. The van der Waals surface area contributed by atoms with Crippen molar-refractivity contribution in [1.82, 2.24) is 9.78 Å². The molecule has 0 unspecified atom stereocenters. The monoisotopic (exact) mass is 328 g/mol. The van der Waals surface area contributed by atoms with Crippen molar-refractivity contribution in [3.8, 4) is 0 Å². The number of anilines is 3. The number of benzene rings is 1. The number of nitrogen functional groups attached to an aromatic ring is 1. The highest BCUT2D eigenvalue weighted by Crippen LogP contribution is 2.31. The fourth-order valence-electron chi connectivity index (χ4n) is 1.68. The van der Waals surface area contributed by atoms with Crippen molar-refractivity contribution in [3.05, 3.63) is 33.4 Å². The maximum Gasteiger partial charge on any atom is 0.152 e. The maximum atomic E-state index is 6.15. The van der Waals surface area contributed by atoms with Crippen molar-refractivity contribution >= 4 is 44.7 Å². The summed E-state index contributed by atoms with van der Waals surface area (Å²) in [5.74, 6) is 0.773. The minimum absolute atomic E-state index is 0.638. The van der Waals surface area contributed by atoms with Gasteiger partial charge in [-0.3, -0.25) is 0 Å². The van der Waals surface area contributed by atoms with Crippen LogP contribution in [0.5, 0.6) is 0 Å². The average molecular weight is 330 g/mol. The molecule has 0 atom stereocenters. The summed E-state index contributed by atoms with van der Waals surface area (Å²) in [7, 11) is 0. The predicted molar refractivity (Wildman–Crippen MR) is 79.5 cm³/mol. The molecular formula is C12H14BrClN4. The molecule has 96 valence electrons. The highest BCUT2D eigenvalue weighted by Gasteiger charge is 2.13. The van der Waals surface area contributed by atoms with E-state index < -0.39 is 0 Å². The smallest absolute Gasteiger partial charge is 0.152 e. The van der Waals surface area contributed by atoms with Crippen LogP contribution in [0.3, 0.4) is 0 Å². The first-order valence-corrected chi connectivity index (χ1v) is 6.75. The molecule has 2 aromatic rings. The normalized spacial score (nSPS) is 10.7. The number of hydrogen-bond donors (Lipinski definition) is 2. The van der Waals surface area contributed by atoms with E-state index in [0.717, 1.165) is 28.2 Å². The van der Waals surface area contributed by atoms with Gasteiger partial charge < -0.3 is 11.1 Å². The Kier molecular flexibility index (Phi) is 3.82. The van der Waals surface area contributed by atoms with Crippen LogP contribution in [0.15, 0.2) is 22.7 Å². The molecule has 1 heterocycles. The molecule has 0 bridgehead atoms. The lowest BCUT2D eigenvalue weighted by molar-refractivity contribution is 0.661. The fourth-order valence-corrected chi connectivity index (χ4v) is 2.20. The molecular weight excluding hydrogens is 316 g/mol. The Hall–Kier alpha value is -1.20. The van der Waals surface area contributed by atoms with Crippen molar-refractivity contribution < 1.29 is 0 Å². The van der Waals surface area contributed by atoms with Gasteiger partial charge in [0.15, 0.2) is 5.82 Å². The van der Waals surface area contributed by atoms with Crippen molar-refractivity contribution in [2.45, 2.75) is 20.4 Å². The van der Waals surface area contributed by atoms with E-state index in [-0.39, 0.29) is 0 Å². The summed E-state index contributed by atoms with van der Waals surface area (Å²) in [5.41, 5.74) is 8.27. The molecule has 6 heteroatoms. The Bertz CT molecular complexity index is 580. The number of aryl methyl sites for hydroxylation is 2. The third kappa shape index (κ3) is 2.47. The summed E-state index contributed by atoms with van der Waals surface area (Å²) < 4.78 is 2.77. The quantitative estimate of drug-likeness (QED) is 0.896. The van der Waals surface area contributed by atoms with E-state index in [1.54, 1.807) is 0 Å². The topological polar surface area (TPSA) is 55.9 Å². The third-order valence-corrected chi connectivity index (χ3v) is 3.48. The van der Waals surface area contributed by atoms with Crippen molar-refractivity contribution in [3.63, 3.8) is 0 Å². The molecule has 1 aromatic heterocycles. The van der Waals surface area contributed by atoms with Crippen LogP contribution in [-0.4, -0.2) is 9.78 Å². The van der Waals surface area contributed by atoms with Crippen LogP contribution in [-0.2, 0) is 6.54 Å². The summed E-state index contributed by atoms with van der Waals surface area (Å²) >= 11 is 9.56. The fraction of sp³-hybridized carbons (Fsp3) is 0.250. The minimum atomic E-state index is 0.638. The van der Waals surface area contributed by atoms with Gasteiger partial charge in [0.05, 0.1) is 22.1 Å². The van der Waals surface area contributed by atoms with E-state index in [1.165, 1.54) is 0 Å². The summed E-state index contributed by atoms with van der Waals surface area (Å²) in [5, 5.41) is 8.22. The maximum absolute atomic E-state index is 6.15. The molecule has 2 rings (SSSR count). The summed E-state index contributed by atoms with van der Waals surface area (Å²) in [6, 6.07) is 5.62. The number of halogens is 2. The van der Waals surface area contributed by atoms with Crippen LogP contribution in [0.25, 0.3) is 0 Å². The zero-order valence-electron chi connectivity index (χ0n) is 10.2. The van der Waals surface area contributed by atoms with Gasteiger partial charge in [-0.25, -0.2) is 4.68 Å². The van der Waals surface area contributed by atoms with Gasteiger partial charge in [0.25, 0.3) is 0 Å². The van der Waals surface area contributed by atoms with Crippen LogP contribution in [0, 0.1) is 6.92 Å². The van der Waals surface area contributed by atoms with Crippen molar-refractivity contribution in [2.24, 2.45) is 0 Å². The zero-order chi connectivity index (χ0) is 13.3. The van der Waals surface area contributed by atoms with Crippen molar-refractivity contribution in [2.75, 3.05) is 11.1 Å². The largest absolute Gasteiger partial charge is 0.394 e. The molecule has 0 aliphatic rings. The Balaban J connectivity index is 2.42. The number of nitrogens with one attached hydrogen (secondary N) is 1. The highest BCUT2D eigenvalue weighted by molar-refractivity contribution is 9.10. The Morgan fingerprint density at radius 2 is 2.22 bits per heavy atom. The van der Waals surface area contributed by atoms with E-state index in [0.29, 0.717) is 10.7 Å². The van der Waals surface area contributed by atoms with Gasteiger partial charge in [-0.1, -0.05) is 27.5 Å². The van der Waals surface area contributed by atoms with E-state index in [4.69, 9.17) is 17.3 Å². The first-order chi connectivity index (χ1) is 8.52. The number of nitrogens with two attached hydrogens (primary N) is 1. The molecule has 0 spiro atoms. The molecule has 4 nitrogen and oxygen atoms in total. The average Bonchev–Trinajstić information content (AvgIpc) is 2.61. The molecule has 0 saturated heterocycles. The molecule has 0 fully saturated rings. The predicted octanol–water partition coefficient (Wildman–Crippen LogP) is 3.95. The molecule has 0 amide bonds. The minimum Gasteiger partial charge on any atom is -0.394 e. The van der Waals surface area contributed by atoms with E-state index in [1.807, 2.05) is 36.7 Å². The molecule has 1 aromatic carbocycles. The van der Waals surface area contributed by atoms with Gasteiger partial charge in [-0.2, -0.15) is 5.10 Å². The highest BCUT2D eigenvalue weighted by atomic mass is 79.9. The van der Waals surface area contributed by atoms with Crippen LogP contribution in [0.1, 0.15) is 12.6 Å². The van der Waals surface area contributed by atoms with Gasteiger partial charge in [-0.05, 0) is 32.0 Å². The number of rotatable bonds is 3. The third-order valence-electron chi connectivity index (χ3n) is 2.65. The van der Waals surface area contributed by atoms with Crippen LogP contribution >= 0.6 is 27.5 Å². The van der Waals surface area contributed by atoms with Gasteiger partial charge in [0, 0.05) is 11.0 Å². The van der Waals surface area contributed by atoms with Crippen LogP contribution in [0.2, 0.25) is 5.02 Å². The first-order valence-electron chi connectivity index (χ1n) is 5.58. The summed E-state index contributed by atoms with van der Waals surface area (Å²) in [6.45, 7) is 4.64. The lowest BCUT2D eigenvalue weighted by Crippen LogP contribution is -2.04. The van der Waals surface area contributed by atoms with E-state index >= 15 is 0 Å². The zero-order valence-corrected chi connectivity index (χ0v) is 12.5. The lowest BCUT2D eigenvalue weighted by atomic mass is 10.3. The lowest BCUT2D eigenvalue weighted by Gasteiger charge is -2.11. The Labute approximate surface area is 119 Å². The van der Waals surface area contributed by atoms with Gasteiger partial charge in [0.1, 0.15) is 0 Å². The standard InChI is InChI=1S/C12H14BrClN4/c1-3-18-12(11(15)7(2)17-18)16-10-6-8(13)4-5-9(10)14/h4-6,16H,3,15H2,1-2H3. The van der Waals surface area contributed by atoms with Gasteiger partial charge >= 0.3 is 0 Å². The molecule has 18 heavy (non-hydrogen) atoms. The van der Waals surface area contributed by atoms with Crippen molar-refractivity contribution in [1.29, 1.82) is 0 Å². The van der Waals surface area contributed by atoms with Gasteiger partial charge in [-0.15, -0.1) is 0 Å². The van der Waals surface area contributed by atoms with E-state index in [2.05, 4.69) is 26.3 Å². The molecule has 0 saturated carbocycles. The van der Waals surface area contributed by atoms with E-state index in [9.17, 15) is 0 Å². The number of nitrogens with zero attached hydrogens (tertiary/aromatic N) is 2. The van der Waals surface area contributed by atoms with Crippen LogP contribution in [0.4, 0.5) is 17.2 Å². The molecule has 3 N–H and O–H groups in total. The van der Waals surface area contributed by atoms with Gasteiger partial charge in [0.2, 0.25) is 0 Å². The second kappa shape index (κ2) is 5.20.